The number of phosphoric acid groups is 2. The van der Waals surface area contributed by atoms with Crippen LogP contribution in [-0.2, 0) is 65.4 Å². The second kappa shape index (κ2) is 70.4. The molecule has 588 valence electrons. The van der Waals surface area contributed by atoms with Gasteiger partial charge in [-0.1, -0.05) is 363 Å². The van der Waals surface area contributed by atoms with Crippen molar-refractivity contribution in [1.82, 2.24) is 0 Å². The van der Waals surface area contributed by atoms with Crippen LogP contribution in [0.2, 0.25) is 0 Å². The van der Waals surface area contributed by atoms with Crippen molar-refractivity contribution >= 4 is 39.5 Å². The minimum absolute atomic E-state index is 0.103. The van der Waals surface area contributed by atoms with E-state index in [1.165, 1.54) is 218 Å². The Balaban J connectivity index is 5.16. The van der Waals surface area contributed by atoms with E-state index in [4.69, 9.17) is 37.0 Å². The van der Waals surface area contributed by atoms with Crippen LogP contribution in [0.25, 0.3) is 0 Å². The normalized spacial score (nSPS) is 14.5. The highest BCUT2D eigenvalue weighted by atomic mass is 31.2. The van der Waals surface area contributed by atoms with Crippen molar-refractivity contribution in [3.63, 3.8) is 0 Å². The molecule has 17 nitrogen and oxygen atoms in total. The van der Waals surface area contributed by atoms with E-state index in [2.05, 4.69) is 48.5 Å². The van der Waals surface area contributed by atoms with Gasteiger partial charge in [0.25, 0.3) is 0 Å². The largest absolute Gasteiger partial charge is 0.472 e. The number of rotatable bonds is 78. The summed E-state index contributed by atoms with van der Waals surface area (Å²) in [6, 6.07) is 0. The number of aliphatic hydroxyl groups is 1. The highest BCUT2D eigenvalue weighted by molar-refractivity contribution is 7.47. The van der Waals surface area contributed by atoms with Gasteiger partial charge in [-0.05, 0) is 43.4 Å². The number of unbranched alkanes of at least 4 members (excludes halogenated alkanes) is 44. The van der Waals surface area contributed by atoms with Gasteiger partial charge in [0, 0.05) is 25.7 Å². The van der Waals surface area contributed by atoms with Crippen LogP contribution in [0.1, 0.15) is 414 Å². The number of carbonyl (C=O) groups is 4. The van der Waals surface area contributed by atoms with Gasteiger partial charge in [-0.25, -0.2) is 9.13 Å². The number of phosphoric ester groups is 2. The van der Waals surface area contributed by atoms with Gasteiger partial charge in [0.15, 0.2) is 12.2 Å². The van der Waals surface area contributed by atoms with E-state index in [1.807, 2.05) is 0 Å². The molecule has 0 rings (SSSR count). The van der Waals surface area contributed by atoms with E-state index >= 15 is 0 Å². The first-order chi connectivity index (χ1) is 47.8. The molecule has 0 saturated carbocycles. The van der Waals surface area contributed by atoms with Crippen molar-refractivity contribution in [2.45, 2.75) is 433 Å². The van der Waals surface area contributed by atoms with Crippen molar-refractivity contribution in [2.24, 2.45) is 17.8 Å². The molecule has 0 radical (unpaired) electrons. The number of hydrogen-bond acceptors (Lipinski definition) is 15. The van der Waals surface area contributed by atoms with Crippen LogP contribution >= 0.6 is 15.6 Å². The van der Waals surface area contributed by atoms with Crippen LogP contribution in [0.5, 0.6) is 0 Å². The van der Waals surface area contributed by atoms with Crippen LogP contribution < -0.4 is 0 Å². The minimum Gasteiger partial charge on any atom is -0.462 e. The average molecular weight is 1450 g/mol. The lowest BCUT2D eigenvalue weighted by Crippen LogP contribution is -2.30. The quantitative estimate of drug-likeness (QED) is 0.0222. The molecule has 7 atom stereocenters. The lowest BCUT2D eigenvalue weighted by atomic mass is 9.99. The van der Waals surface area contributed by atoms with E-state index < -0.39 is 97.5 Å². The Kier molecular flexibility index (Phi) is 69.0. The monoisotopic (exact) mass is 1450 g/mol. The molecule has 0 fully saturated rings. The highest BCUT2D eigenvalue weighted by Crippen LogP contribution is 2.45. The molecule has 3 N–H and O–H groups in total. The highest BCUT2D eigenvalue weighted by Gasteiger charge is 2.30. The van der Waals surface area contributed by atoms with Crippen LogP contribution in [0.3, 0.4) is 0 Å². The van der Waals surface area contributed by atoms with E-state index in [9.17, 15) is 43.2 Å². The molecule has 0 heterocycles. The minimum atomic E-state index is -4.96. The van der Waals surface area contributed by atoms with Crippen molar-refractivity contribution in [2.75, 3.05) is 39.6 Å². The van der Waals surface area contributed by atoms with Crippen LogP contribution in [-0.4, -0.2) is 96.7 Å². The van der Waals surface area contributed by atoms with Crippen molar-refractivity contribution in [3.8, 4) is 0 Å². The Morgan fingerprint density at radius 1 is 0.293 bits per heavy atom. The van der Waals surface area contributed by atoms with Crippen LogP contribution in [0.4, 0.5) is 0 Å². The molecule has 0 saturated heterocycles. The molecule has 19 heteroatoms. The maximum atomic E-state index is 13.1. The predicted molar refractivity (Wildman–Crippen MR) is 405 cm³/mol. The lowest BCUT2D eigenvalue weighted by Gasteiger charge is -2.21. The van der Waals surface area contributed by atoms with E-state index in [0.717, 1.165) is 114 Å². The fourth-order valence-electron chi connectivity index (χ4n) is 12.2. The topological polar surface area (TPSA) is 237 Å². The SMILES string of the molecule is CCCCCCCCCCC(=O)OC[C@H](COP(=O)(O)OC[C@H](O)COP(=O)(O)OC[C@@H](COC(=O)CCCCCCCCCCCCCCCCCCC(C)C)OC(=O)CCCCCCCCCCCCCCCCCCCCC(C)CC)OC(=O)CCCCCCCCC(C)CC. The first kappa shape index (κ1) is 97.1. The first-order valence-corrected chi connectivity index (χ1v) is 44.4. The molecular weight excluding hydrogens is 1290 g/mol. The van der Waals surface area contributed by atoms with Crippen LogP contribution in [0.15, 0.2) is 0 Å². The molecule has 4 unspecified atom stereocenters. The Morgan fingerprint density at radius 2 is 0.515 bits per heavy atom. The smallest absolute Gasteiger partial charge is 0.462 e. The molecule has 0 aromatic heterocycles. The zero-order valence-electron chi connectivity index (χ0n) is 65.0. The van der Waals surface area contributed by atoms with Gasteiger partial charge in [-0.15, -0.1) is 0 Å². The zero-order chi connectivity index (χ0) is 73.0. The predicted octanol–water partition coefficient (Wildman–Crippen LogP) is 23.7. The molecule has 0 spiro atoms. The van der Waals surface area contributed by atoms with Gasteiger partial charge < -0.3 is 33.8 Å². The summed E-state index contributed by atoms with van der Waals surface area (Å²) in [5.74, 6) is 0.285. The maximum Gasteiger partial charge on any atom is 0.472 e. The van der Waals surface area contributed by atoms with Gasteiger partial charge in [0.2, 0.25) is 0 Å². The van der Waals surface area contributed by atoms with E-state index in [1.54, 1.807) is 0 Å². The Bertz CT molecular complexity index is 1930. The molecule has 0 aliphatic carbocycles. The van der Waals surface area contributed by atoms with Gasteiger partial charge in [0.05, 0.1) is 26.4 Å². The van der Waals surface area contributed by atoms with E-state index in [0.29, 0.717) is 25.7 Å². The lowest BCUT2D eigenvalue weighted by molar-refractivity contribution is -0.161. The number of esters is 4. The Morgan fingerprint density at radius 3 is 0.768 bits per heavy atom. The molecule has 0 aromatic rings. The van der Waals surface area contributed by atoms with Gasteiger partial charge >= 0.3 is 39.5 Å². The number of carbonyl (C=O) groups excluding carboxylic acids is 4. The molecular formula is C80H156O17P2. The third kappa shape index (κ3) is 71.5. The fourth-order valence-corrected chi connectivity index (χ4v) is 13.8. The summed E-state index contributed by atoms with van der Waals surface area (Å²) in [6.07, 6.45) is 58.5. The summed E-state index contributed by atoms with van der Waals surface area (Å²) >= 11 is 0. The zero-order valence-corrected chi connectivity index (χ0v) is 66.8. The first-order valence-electron chi connectivity index (χ1n) is 41.4. The Hall–Kier alpha value is -1.94. The molecule has 0 bridgehead atoms. The number of hydrogen-bond donors (Lipinski definition) is 3. The van der Waals surface area contributed by atoms with Crippen LogP contribution in [0, 0.1) is 17.8 Å². The Labute approximate surface area is 607 Å². The van der Waals surface area contributed by atoms with Gasteiger partial charge in [-0.3, -0.25) is 37.3 Å². The molecule has 0 aromatic carbocycles. The summed E-state index contributed by atoms with van der Waals surface area (Å²) in [6.45, 7) is 11.9. The van der Waals surface area contributed by atoms with E-state index in [-0.39, 0.29) is 25.7 Å². The summed E-state index contributed by atoms with van der Waals surface area (Å²) in [5, 5.41) is 10.6. The van der Waals surface area contributed by atoms with Gasteiger partial charge in [-0.2, -0.15) is 0 Å². The summed E-state index contributed by atoms with van der Waals surface area (Å²) in [7, 11) is -9.91. The third-order valence-corrected chi connectivity index (χ3v) is 21.3. The van der Waals surface area contributed by atoms with Crippen molar-refractivity contribution in [1.29, 1.82) is 0 Å². The molecule has 0 amide bonds. The molecule has 0 aliphatic heterocycles. The summed E-state index contributed by atoms with van der Waals surface area (Å²) in [5.41, 5.74) is 0. The maximum absolute atomic E-state index is 13.1. The number of aliphatic hydroxyl groups excluding tert-OH is 1. The summed E-state index contributed by atoms with van der Waals surface area (Å²) in [4.78, 5) is 72.8. The second-order valence-corrected chi connectivity index (χ2v) is 32.7. The average Bonchev–Trinajstić information content (AvgIpc) is 1.03. The summed E-state index contributed by atoms with van der Waals surface area (Å²) < 4.78 is 68.5. The number of ether oxygens (including phenoxy) is 4. The van der Waals surface area contributed by atoms with Crippen molar-refractivity contribution < 1.29 is 80.2 Å². The van der Waals surface area contributed by atoms with Crippen molar-refractivity contribution in [3.05, 3.63) is 0 Å². The molecule has 99 heavy (non-hydrogen) atoms. The third-order valence-electron chi connectivity index (χ3n) is 19.4. The fraction of sp³-hybridized carbons (Fsp3) is 0.950. The van der Waals surface area contributed by atoms with Gasteiger partial charge in [0.1, 0.15) is 19.3 Å². The molecule has 0 aliphatic rings. The standard InChI is InChI=1S/C80H156O17P2/c1-8-11-12-13-14-39-47-54-61-77(82)90-68-76(97-80(85)64-57-50-43-42-46-53-60-73(7)10-3)70-95-99(88,89)93-66-74(81)65-92-98(86,87)94-69-75(67-91-78(83)62-55-48-40-35-31-27-23-20-19-21-25-29-33-37-44-51-58-71(4)5)96-79(84)63-56-49-41-36-32-28-24-18-16-15-17-22-26-30-34-38-45-52-59-72(6)9-2/h71-76,81H,8-70H2,1-7H3,(H,86,87)(H,88,89)/t72?,73?,74-,75-,76-/m1/s1. The second-order valence-electron chi connectivity index (χ2n) is 29.8.